The molecule has 0 aliphatic carbocycles. The summed E-state index contributed by atoms with van der Waals surface area (Å²) in [5, 5.41) is 21.1. The number of benzene rings is 4. The molecule has 0 unspecified atom stereocenters. The first-order chi connectivity index (χ1) is 22.0. The number of hydrogen-bond acceptors (Lipinski definition) is 4. The molecule has 0 fully saturated rings. The summed E-state index contributed by atoms with van der Waals surface area (Å²) in [6, 6.07) is 35.6. The van der Waals surface area contributed by atoms with Gasteiger partial charge in [-0.1, -0.05) is 104 Å². The second-order valence-corrected chi connectivity index (χ2v) is 11.6. The van der Waals surface area contributed by atoms with Crippen LogP contribution in [-0.2, 0) is 6.42 Å². The van der Waals surface area contributed by atoms with Crippen LogP contribution in [-0.4, -0.2) is 4.98 Å². The minimum Gasteiger partial charge on any atom is -0.248 e. The van der Waals surface area contributed by atoms with Crippen LogP contribution >= 0.6 is 11.8 Å². The van der Waals surface area contributed by atoms with Gasteiger partial charge in [-0.3, -0.25) is 0 Å². The van der Waals surface area contributed by atoms with E-state index in [1.807, 2.05) is 49.4 Å². The Bertz CT molecular complexity index is 2020. The molecule has 0 amide bonds. The first-order valence-corrected chi connectivity index (χ1v) is 15.7. The molecule has 0 saturated heterocycles. The van der Waals surface area contributed by atoms with Crippen molar-refractivity contribution in [3.63, 3.8) is 0 Å². The molecule has 4 heteroatoms. The van der Waals surface area contributed by atoms with Crippen molar-refractivity contribution in [1.29, 1.82) is 10.5 Å². The van der Waals surface area contributed by atoms with Gasteiger partial charge in [0.2, 0.25) is 0 Å². The zero-order valence-corrected chi connectivity index (χ0v) is 26.5. The van der Waals surface area contributed by atoms with Gasteiger partial charge in [-0.05, 0) is 107 Å². The fraction of sp³-hybridized carbons (Fsp3) is 0.0976. The summed E-state index contributed by atoms with van der Waals surface area (Å²) in [5.74, 6) is 0. The molecule has 0 aliphatic rings. The van der Waals surface area contributed by atoms with E-state index in [1.54, 1.807) is 18.2 Å². The number of allylic oxidation sites excluding steroid dienone is 5. The van der Waals surface area contributed by atoms with Gasteiger partial charge in [0.15, 0.2) is 0 Å². The fourth-order valence-corrected chi connectivity index (χ4v) is 5.85. The Labute approximate surface area is 270 Å². The minimum absolute atomic E-state index is 0.556. The number of pyridine rings is 1. The van der Waals surface area contributed by atoms with Gasteiger partial charge in [0, 0.05) is 16.0 Å². The van der Waals surface area contributed by atoms with Crippen LogP contribution in [0.4, 0.5) is 0 Å². The van der Waals surface area contributed by atoms with Crippen LogP contribution in [0.2, 0.25) is 0 Å². The van der Waals surface area contributed by atoms with Crippen LogP contribution in [0.1, 0.15) is 36.2 Å². The third-order valence-corrected chi connectivity index (χ3v) is 8.19. The number of nitrogens with zero attached hydrogens (tertiary/aromatic N) is 3. The first kappa shape index (κ1) is 31.0. The van der Waals surface area contributed by atoms with Crippen molar-refractivity contribution < 1.29 is 0 Å². The number of thiocyanates is 1. The van der Waals surface area contributed by atoms with E-state index >= 15 is 0 Å². The molecule has 0 radical (unpaired) electrons. The lowest BCUT2D eigenvalue weighted by Gasteiger charge is -2.13. The van der Waals surface area contributed by atoms with Crippen molar-refractivity contribution in [3.05, 3.63) is 150 Å². The van der Waals surface area contributed by atoms with E-state index < -0.39 is 0 Å². The van der Waals surface area contributed by atoms with Crippen molar-refractivity contribution >= 4 is 17.3 Å². The Hall–Kier alpha value is -5.42. The van der Waals surface area contributed by atoms with E-state index in [-0.39, 0.29) is 0 Å². The standard InChI is InChI=1S/C41H33N3S/c1-5-9-32(10-6-2)40-23-37(31-15-13-30(14-16-31)36-20-28(4)19-29(7-3)21-36)24-41(44-40)34-12-8-11-33(22-34)39-25-38(45-27-43)18-17-35(39)26-42/h5-6,8-25H,1,7H2,2-4H3/b10-6-,32-9+. The van der Waals surface area contributed by atoms with Gasteiger partial charge >= 0.3 is 0 Å². The molecule has 5 rings (SSSR count). The lowest BCUT2D eigenvalue weighted by molar-refractivity contribution is 1.13. The van der Waals surface area contributed by atoms with Crippen molar-refractivity contribution in [2.24, 2.45) is 0 Å². The highest BCUT2D eigenvalue weighted by Crippen LogP contribution is 2.34. The molecule has 218 valence electrons. The second-order valence-electron chi connectivity index (χ2n) is 10.7. The van der Waals surface area contributed by atoms with E-state index in [0.29, 0.717) is 5.56 Å². The molecule has 45 heavy (non-hydrogen) atoms. The average molecular weight is 600 g/mol. The normalized spacial score (nSPS) is 11.3. The molecule has 0 atom stereocenters. The predicted molar refractivity (Wildman–Crippen MR) is 189 cm³/mol. The summed E-state index contributed by atoms with van der Waals surface area (Å²) >= 11 is 1.08. The molecule has 0 bridgehead atoms. The van der Waals surface area contributed by atoms with Gasteiger partial charge in [0.1, 0.15) is 5.40 Å². The molecule has 0 spiro atoms. The predicted octanol–water partition coefficient (Wildman–Crippen LogP) is 11.2. The summed E-state index contributed by atoms with van der Waals surface area (Å²) in [4.78, 5) is 5.90. The Morgan fingerprint density at radius 3 is 2.22 bits per heavy atom. The van der Waals surface area contributed by atoms with Crippen LogP contribution in [0.25, 0.3) is 50.2 Å². The van der Waals surface area contributed by atoms with E-state index in [1.165, 1.54) is 22.3 Å². The highest BCUT2D eigenvalue weighted by Gasteiger charge is 2.13. The maximum atomic E-state index is 9.82. The maximum absolute atomic E-state index is 9.82. The highest BCUT2D eigenvalue weighted by molar-refractivity contribution is 8.03. The Morgan fingerprint density at radius 2 is 1.56 bits per heavy atom. The third-order valence-electron chi connectivity index (χ3n) is 7.61. The lowest BCUT2D eigenvalue weighted by Crippen LogP contribution is -1.94. The van der Waals surface area contributed by atoms with Gasteiger partial charge < -0.3 is 0 Å². The summed E-state index contributed by atoms with van der Waals surface area (Å²) in [5.41, 5.74) is 12.9. The summed E-state index contributed by atoms with van der Waals surface area (Å²) in [6.07, 6.45) is 8.79. The molecule has 1 aromatic heterocycles. The van der Waals surface area contributed by atoms with Crippen molar-refractivity contribution in [2.75, 3.05) is 0 Å². The second kappa shape index (κ2) is 14.4. The number of aryl methyl sites for hydroxylation is 2. The van der Waals surface area contributed by atoms with E-state index in [4.69, 9.17) is 4.98 Å². The number of aromatic nitrogens is 1. The minimum atomic E-state index is 0.556. The van der Waals surface area contributed by atoms with Crippen molar-refractivity contribution in [2.45, 2.75) is 32.1 Å². The lowest BCUT2D eigenvalue weighted by atomic mass is 9.94. The number of rotatable bonds is 9. The van der Waals surface area contributed by atoms with Gasteiger partial charge in [0.05, 0.1) is 23.0 Å². The Kier molecular flexibility index (Phi) is 9.90. The molecular formula is C41H33N3S. The van der Waals surface area contributed by atoms with E-state index in [2.05, 4.69) is 92.6 Å². The molecule has 0 N–H and O–H groups in total. The van der Waals surface area contributed by atoms with Gasteiger partial charge in [-0.25, -0.2) is 4.98 Å². The van der Waals surface area contributed by atoms with Crippen molar-refractivity contribution in [1.82, 2.24) is 4.98 Å². The van der Waals surface area contributed by atoms with E-state index in [0.717, 1.165) is 67.9 Å². The molecule has 0 aliphatic heterocycles. The fourth-order valence-electron chi connectivity index (χ4n) is 5.44. The summed E-state index contributed by atoms with van der Waals surface area (Å²) in [6.45, 7) is 10.2. The van der Waals surface area contributed by atoms with Gasteiger partial charge in [0.25, 0.3) is 0 Å². The quantitative estimate of drug-likeness (QED) is 0.0960. The molecule has 1 heterocycles. The maximum Gasteiger partial charge on any atom is 0.138 e. The molecule has 3 nitrogen and oxygen atoms in total. The van der Waals surface area contributed by atoms with Crippen LogP contribution in [0.15, 0.2) is 133 Å². The smallest absolute Gasteiger partial charge is 0.138 e. The zero-order chi connectivity index (χ0) is 31.8. The van der Waals surface area contributed by atoms with Crippen LogP contribution < -0.4 is 0 Å². The topological polar surface area (TPSA) is 60.5 Å². The summed E-state index contributed by atoms with van der Waals surface area (Å²) < 4.78 is 0. The molecular weight excluding hydrogens is 567 g/mol. The zero-order valence-electron chi connectivity index (χ0n) is 25.7. The number of thioether (sulfide) groups is 1. The largest absolute Gasteiger partial charge is 0.248 e. The molecule has 0 saturated carbocycles. The van der Waals surface area contributed by atoms with Crippen molar-refractivity contribution in [3.8, 4) is 56.1 Å². The Morgan fingerprint density at radius 1 is 0.822 bits per heavy atom. The molecule has 5 aromatic rings. The molecule has 4 aromatic carbocycles. The van der Waals surface area contributed by atoms with E-state index in [9.17, 15) is 10.5 Å². The van der Waals surface area contributed by atoms with Crippen LogP contribution in [0.5, 0.6) is 0 Å². The van der Waals surface area contributed by atoms with Crippen LogP contribution in [0.3, 0.4) is 0 Å². The first-order valence-electron chi connectivity index (χ1n) is 14.9. The SMILES string of the molecule is C=C/C=C(\C=C/C)c1cc(-c2ccc(-c3cc(C)cc(CC)c3)cc2)cc(-c2cccc(-c3cc(SC#N)ccc3C#N)c2)n1. The van der Waals surface area contributed by atoms with Gasteiger partial charge in [-0.15, -0.1) is 0 Å². The average Bonchev–Trinajstić information content (AvgIpc) is 3.08. The number of nitriles is 2. The highest BCUT2D eigenvalue weighted by atomic mass is 32.2. The Balaban J connectivity index is 1.63. The number of hydrogen-bond donors (Lipinski definition) is 0. The third kappa shape index (κ3) is 7.22. The monoisotopic (exact) mass is 599 g/mol. The van der Waals surface area contributed by atoms with Gasteiger partial charge in [-0.2, -0.15) is 10.5 Å². The van der Waals surface area contributed by atoms with Crippen LogP contribution in [0, 0.1) is 28.9 Å². The summed E-state index contributed by atoms with van der Waals surface area (Å²) in [7, 11) is 0.